The molecule has 3 amide bonds. The molecular formula is C14H22N4O7. The maximum atomic E-state index is 12.2. The Bertz CT molecular complexity index is 545. The monoisotopic (exact) mass is 358 g/mol. The molecule has 1 aliphatic heterocycles. The third kappa shape index (κ3) is 7.16. The van der Waals surface area contributed by atoms with E-state index >= 15 is 0 Å². The Morgan fingerprint density at radius 3 is 2.28 bits per heavy atom. The predicted octanol–water partition coefficient (Wildman–Crippen LogP) is -2.47. The number of carboxylic acids is 2. The molecule has 0 bridgehead atoms. The molecule has 7 N–H and O–H groups in total. The van der Waals surface area contributed by atoms with Crippen LogP contribution in [0.1, 0.15) is 32.1 Å². The molecule has 0 radical (unpaired) electrons. The maximum absolute atomic E-state index is 12.2. The van der Waals surface area contributed by atoms with Crippen LogP contribution < -0.4 is 21.7 Å². The van der Waals surface area contributed by atoms with Crippen LogP contribution in [0.5, 0.6) is 0 Å². The summed E-state index contributed by atoms with van der Waals surface area (Å²) in [7, 11) is 0. The molecule has 0 saturated carbocycles. The van der Waals surface area contributed by atoms with Crippen LogP contribution in [-0.4, -0.2) is 64.5 Å². The lowest BCUT2D eigenvalue weighted by molar-refractivity contribution is -0.144. The number of carbonyl (C=O) groups excluding carboxylic acids is 3. The van der Waals surface area contributed by atoms with E-state index in [0.29, 0.717) is 13.0 Å². The van der Waals surface area contributed by atoms with Gasteiger partial charge < -0.3 is 31.9 Å². The highest BCUT2D eigenvalue weighted by Crippen LogP contribution is 2.07. The van der Waals surface area contributed by atoms with E-state index in [4.69, 9.17) is 15.9 Å². The molecule has 140 valence electrons. The topological polar surface area (TPSA) is 188 Å². The fraction of sp³-hybridized carbons (Fsp3) is 0.643. The molecule has 0 aliphatic carbocycles. The summed E-state index contributed by atoms with van der Waals surface area (Å²) in [5.41, 5.74) is 4.94. The summed E-state index contributed by atoms with van der Waals surface area (Å²) < 4.78 is 0. The largest absolute Gasteiger partial charge is 0.481 e. The summed E-state index contributed by atoms with van der Waals surface area (Å²) in [5.74, 6) is -4.91. The lowest BCUT2D eigenvalue weighted by atomic mass is 10.1. The van der Waals surface area contributed by atoms with Crippen molar-refractivity contribution in [2.75, 3.05) is 6.54 Å². The number of amides is 3. The normalized spacial score (nSPS) is 18.8. The van der Waals surface area contributed by atoms with Crippen LogP contribution >= 0.6 is 0 Å². The van der Waals surface area contributed by atoms with Gasteiger partial charge >= 0.3 is 11.9 Å². The predicted molar refractivity (Wildman–Crippen MR) is 83.2 cm³/mol. The van der Waals surface area contributed by atoms with Gasteiger partial charge in [0.15, 0.2) is 0 Å². The summed E-state index contributed by atoms with van der Waals surface area (Å²) in [4.78, 5) is 57.1. The van der Waals surface area contributed by atoms with Crippen LogP contribution in [0.15, 0.2) is 0 Å². The fourth-order valence-corrected chi connectivity index (χ4v) is 2.39. The van der Waals surface area contributed by atoms with Crippen LogP contribution in [-0.2, 0) is 24.0 Å². The second-order valence-corrected chi connectivity index (χ2v) is 5.71. The fourth-order valence-electron chi connectivity index (χ4n) is 2.39. The van der Waals surface area contributed by atoms with Crippen LogP contribution in [0.25, 0.3) is 0 Å². The van der Waals surface area contributed by atoms with Gasteiger partial charge in [0.25, 0.3) is 0 Å². The highest BCUT2D eigenvalue weighted by atomic mass is 16.4. The second-order valence-electron chi connectivity index (χ2n) is 5.71. The van der Waals surface area contributed by atoms with Crippen molar-refractivity contribution in [3.8, 4) is 0 Å². The zero-order chi connectivity index (χ0) is 19.0. The Balaban J connectivity index is 2.75. The quantitative estimate of drug-likeness (QED) is 0.248. The third-order valence-corrected chi connectivity index (χ3v) is 3.68. The van der Waals surface area contributed by atoms with Gasteiger partial charge in [-0.2, -0.15) is 0 Å². The first-order valence-electron chi connectivity index (χ1n) is 7.77. The average molecular weight is 358 g/mol. The van der Waals surface area contributed by atoms with Gasteiger partial charge in [0, 0.05) is 6.42 Å². The van der Waals surface area contributed by atoms with E-state index in [0.717, 1.165) is 6.42 Å². The summed E-state index contributed by atoms with van der Waals surface area (Å²) in [6.07, 6.45) is 0.139. The van der Waals surface area contributed by atoms with Gasteiger partial charge in [0.2, 0.25) is 17.7 Å². The minimum atomic E-state index is -1.56. The molecule has 11 heteroatoms. The van der Waals surface area contributed by atoms with Gasteiger partial charge in [-0.25, -0.2) is 4.79 Å². The van der Waals surface area contributed by atoms with Gasteiger partial charge in [-0.3, -0.25) is 19.2 Å². The number of carboxylic acid groups (broad SMARTS) is 2. The lowest BCUT2D eigenvalue weighted by Gasteiger charge is -2.22. The Kier molecular flexibility index (Phi) is 7.79. The first-order chi connectivity index (χ1) is 11.7. The van der Waals surface area contributed by atoms with Crippen molar-refractivity contribution in [2.24, 2.45) is 5.73 Å². The summed E-state index contributed by atoms with van der Waals surface area (Å²) >= 11 is 0. The van der Waals surface area contributed by atoms with Gasteiger partial charge in [-0.1, -0.05) is 0 Å². The number of rotatable bonds is 10. The molecular weight excluding hydrogens is 336 g/mol. The first kappa shape index (κ1) is 20.4. The van der Waals surface area contributed by atoms with Crippen LogP contribution in [0.3, 0.4) is 0 Å². The molecule has 1 saturated heterocycles. The van der Waals surface area contributed by atoms with Crippen molar-refractivity contribution in [2.45, 2.75) is 50.2 Å². The van der Waals surface area contributed by atoms with Crippen molar-refractivity contribution >= 4 is 29.7 Å². The SMILES string of the molecule is NC(=O)C[C@H](NC(=O)[C@H](CCC(=O)O)NC(=O)[C@@H]1CCCN1)C(=O)O. The standard InChI is InChI=1S/C14H22N4O7/c15-10(19)6-9(14(24)25)18-13(23)8(3-4-11(20)21)17-12(22)7-2-1-5-16-7/h7-9,16H,1-6H2,(H2,15,19)(H,17,22)(H,18,23)(H,20,21)(H,24,25)/t7-,8-,9-/m0/s1. The number of nitrogens with one attached hydrogen (secondary N) is 3. The second kappa shape index (κ2) is 9.57. The zero-order valence-corrected chi connectivity index (χ0v) is 13.5. The summed E-state index contributed by atoms with van der Waals surface area (Å²) in [6.45, 7) is 0.657. The number of primary amides is 1. The van der Waals surface area contributed by atoms with Crippen molar-refractivity contribution in [3.05, 3.63) is 0 Å². The molecule has 25 heavy (non-hydrogen) atoms. The summed E-state index contributed by atoms with van der Waals surface area (Å²) in [6, 6.07) is -3.28. The minimum Gasteiger partial charge on any atom is -0.481 e. The molecule has 0 spiro atoms. The van der Waals surface area contributed by atoms with E-state index in [1.165, 1.54) is 0 Å². The number of hydrogen-bond donors (Lipinski definition) is 6. The van der Waals surface area contributed by atoms with Crippen molar-refractivity contribution < 1.29 is 34.2 Å². The van der Waals surface area contributed by atoms with E-state index in [1.807, 2.05) is 0 Å². The van der Waals surface area contributed by atoms with Crippen molar-refractivity contribution in [3.63, 3.8) is 0 Å². The Morgan fingerprint density at radius 1 is 1.12 bits per heavy atom. The third-order valence-electron chi connectivity index (χ3n) is 3.68. The molecule has 1 aliphatic rings. The van der Waals surface area contributed by atoms with E-state index in [1.54, 1.807) is 0 Å². The van der Waals surface area contributed by atoms with Crippen LogP contribution in [0.2, 0.25) is 0 Å². The Labute approximate surface area is 143 Å². The average Bonchev–Trinajstić information content (AvgIpc) is 3.04. The van der Waals surface area contributed by atoms with Crippen LogP contribution in [0, 0.1) is 0 Å². The Hall–Kier alpha value is -2.69. The zero-order valence-electron chi connectivity index (χ0n) is 13.5. The molecule has 0 aromatic rings. The highest BCUT2D eigenvalue weighted by molar-refractivity contribution is 5.93. The smallest absolute Gasteiger partial charge is 0.326 e. The van der Waals surface area contributed by atoms with Crippen LogP contribution in [0.4, 0.5) is 0 Å². The number of aliphatic carboxylic acids is 2. The number of hydrogen-bond acceptors (Lipinski definition) is 6. The van der Waals surface area contributed by atoms with E-state index in [2.05, 4.69) is 16.0 Å². The number of carbonyl (C=O) groups is 5. The van der Waals surface area contributed by atoms with Gasteiger partial charge in [-0.15, -0.1) is 0 Å². The molecule has 0 unspecified atom stereocenters. The van der Waals surface area contributed by atoms with Crippen molar-refractivity contribution in [1.82, 2.24) is 16.0 Å². The molecule has 1 fully saturated rings. The van der Waals surface area contributed by atoms with E-state index in [-0.39, 0.29) is 6.42 Å². The Morgan fingerprint density at radius 2 is 1.80 bits per heavy atom. The van der Waals surface area contributed by atoms with E-state index < -0.39 is 60.6 Å². The van der Waals surface area contributed by atoms with E-state index in [9.17, 15) is 24.0 Å². The molecule has 11 nitrogen and oxygen atoms in total. The lowest BCUT2D eigenvalue weighted by Crippen LogP contribution is -2.54. The molecule has 1 rings (SSSR count). The molecule has 0 aromatic carbocycles. The minimum absolute atomic E-state index is 0.220. The highest BCUT2D eigenvalue weighted by Gasteiger charge is 2.30. The molecule has 0 aromatic heterocycles. The molecule has 1 heterocycles. The summed E-state index contributed by atoms with van der Waals surface area (Å²) in [5, 5.41) is 25.2. The van der Waals surface area contributed by atoms with Gasteiger partial charge in [-0.05, 0) is 25.8 Å². The van der Waals surface area contributed by atoms with Crippen molar-refractivity contribution in [1.29, 1.82) is 0 Å². The van der Waals surface area contributed by atoms with Gasteiger partial charge in [0.1, 0.15) is 12.1 Å². The van der Waals surface area contributed by atoms with Gasteiger partial charge in [0.05, 0.1) is 12.5 Å². The first-order valence-corrected chi connectivity index (χ1v) is 7.77. The molecule has 3 atom stereocenters. The maximum Gasteiger partial charge on any atom is 0.326 e. The number of nitrogens with two attached hydrogens (primary N) is 1.